The van der Waals surface area contributed by atoms with Crippen molar-refractivity contribution in [2.75, 3.05) is 26.2 Å². The smallest absolute Gasteiger partial charge is 0.314 e. The third-order valence-electron chi connectivity index (χ3n) is 7.32. The Bertz CT molecular complexity index is 1320. The van der Waals surface area contributed by atoms with Crippen LogP contribution in [0.5, 0.6) is 0 Å². The average molecular weight is 578 g/mol. The summed E-state index contributed by atoms with van der Waals surface area (Å²) in [4.78, 5) is 42.8. The first-order valence-electron chi connectivity index (χ1n) is 12.0. The second kappa shape index (κ2) is 9.64. The zero-order valence-electron chi connectivity index (χ0n) is 19.6. The number of hydrogen-bond donors (Lipinski definition) is 2. The maximum atomic E-state index is 13.2. The van der Waals surface area contributed by atoms with Crippen LogP contribution in [0.1, 0.15) is 25.7 Å². The molecule has 0 radical (unpaired) electrons. The van der Waals surface area contributed by atoms with E-state index in [1.54, 1.807) is 21.9 Å². The Hall–Kier alpha value is -2.70. The van der Waals surface area contributed by atoms with E-state index >= 15 is 0 Å². The number of piperidine rings is 1. The number of halogens is 1. The number of likely N-dealkylation sites (tertiary alicyclic amines) is 2. The van der Waals surface area contributed by atoms with E-state index < -0.39 is 28.0 Å². The molecule has 0 spiro atoms. The highest BCUT2D eigenvalue weighted by molar-refractivity contribution is 9.10. The highest BCUT2D eigenvalue weighted by atomic mass is 79.9. The van der Waals surface area contributed by atoms with Crippen molar-refractivity contribution in [3.8, 4) is 0 Å². The van der Waals surface area contributed by atoms with Gasteiger partial charge in [0.2, 0.25) is 21.8 Å². The lowest BCUT2D eigenvalue weighted by Crippen LogP contribution is -2.61. The van der Waals surface area contributed by atoms with Crippen LogP contribution in [0.25, 0.3) is 10.8 Å². The number of sulfonamides is 1. The average Bonchev–Trinajstić information content (AvgIpc) is 3.10. The molecule has 0 aromatic heterocycles. The minimum Gasteiger partial charge on any atom is -0.351 e. The Labute approximate surface area is 217 Å². The molecule has 5 rings (SSSR count). The van der Waals surface area contributed by atoms with Crippen molar-refractivity contribution >= 4 is 54.6 Å². The molecule has 3 N–H and O–H groups in total. The van der Waals surface area contributed by atoms with E-state index in [0.717, 1.165) is 28.1 Å². The van der Waals surface area contributed by atoms with Crippen LogP contribution in [-0.4, -0.2) is 85.3 Å². The molecule has 2 aromatic carbocycles. The number of hydrogen-bond acceptors (Lipinski definition) is 5. The van der Waals surface area contributed by atoms with Crippen molar-refractivity contribution in [2.24, 2.45) is 5.73 Å². The highest BCUT2D eigenvalue weighted by Crippen LogP contribution is 2.30. The zero-order chi connectivity index (χ0) is 25.6. The van der Waals surface area contributed by atoms with E-state index in [1.165, 1.54) is 11.0 Å². The topological polar surface area (TPSA) is 133 Å². The van der Waals surface area contributed by atoms with Crippen LogP contribution in [0.3, 0.4) is 0 Å². The summed E-state index contributed by atoms with van der Waals surface area (Å²) < 4.78 is 29.7. The molecular weight excluding hydrogens is 550 g/mol. The number of nitrogens with two attached hydrogens (primary N) is 1. The summed E-state index contributed by atoms with van der Waals surface area (Å²) in [6.45, 7) is 1.09. The molecule has 2 bridgehead atoms. The molecule has 0 aliphatic carbocycles. The van der Waals surface area contributed by atoms with Crippen LogP contribution in [0.4, 0.5) is 4.79 Å². The molecule has 36 heavy (non-hydrogen) atoms. The fraction of sp³-hybridized carbons (Fsp3) is 0.458. The van der Waals surface area contributed by atoms with Gasteiger partial charge < -0.3 is 20.4 Å². The Morgan fingerprint density at radius 3 is 2.39 bits per heavy atom. The third kappa shape index (κ3) is 4.81. The molecule has 3 saturated heterocycles. The summed E-state index contributed by atoms with van der Waals surface area (Å²) in [7, 11) is -3.94. The molecule has 0 saturated carbocycles. The second-order valence-electron chi connectivity index (χ2n) is 9.66. The van der Waals surface area contributed by atoms with Crippen molar-refractivity contribution < 1.29 is 22.8 Å². The van der Waals surface area contributed by atoms with E-state index in [4.69, 9.17) is 5.73 Å². The van der Waals surface area contributed by atoms with Crippen molar-refractivity contribution in [1.29, 1.82) is 0 Å². The number of carbonyl (C=O) groups excluding carboxylic acids is 3. The van der Waals surface area contributed by atoms with E-state index in [9.17, 15) is 22.8 Å². The predicted molar refractivity (Wildman–Crippen MR) is 136 cm³/mol. The van der Waals surface area contributed by atoms with Crippen LogP contribution in [0.15, 0.2) is 45.8 Å². The molecule has 3 atom stereocenters. The number of nitrogens with one attached hydrogen (secondary N) is 1. The molecule has 192 valence electrons. The Morgan fingerprint density at radius 1 is 1.03 bits per heavy atom. The van der Waals surface area contributed by atoms with Crippen molar-refractivity contribution in [1.82, 2.24) is 19.4 Å². The number of carbonyl (C=O) groups is 3. The van der Waals surface area contributed by atoms with E-state index in [1.807, 2.05) is 18.2 Å². The summed E-state index contributed by atoms with van der Waals surface area (Å²) in [5.74, 6) is -0.574. The third-order valence-corrected chi connectivity index (χ3v) is 9.28. The number of fused-ring (bicyclic) bond motifs is 3. The van der Waals surface area contributed by atoms with Gasteiger partial charge in [0.25, 0.3) is 0 Å². The minimum atomic E-state index is -3.94. The number of rotatable bonds is 5. The molecule has 3 aliphatic heterocycles. The number of piperazine rings is 1. The first-order valence-corrected chi connectivity index (χ1v) is 14.3. The van der Waals surface area contributed by atoms with Gasteiger partial charge in [0.1, 0.15) is 6.04 Å². The summed E-state index contributed by atoms with van der Waals surface area (Å²) in [6.07, 6.45) is 2.53. The van der Waals surface area contributed by atoms with Crippen LogP contribution in [0.2, 0.25) is 0 Å². The van der Waals surface area contributed by atoms with Crippen LogP contribution in [0, 0.1) is 0 Å². The van der Waals surface area contributed by atoms with Gasteiger partial charge >= 0.3 is 6.03 Å². The number of amides is 4. The van der Waals surface area contributed by atoms with E-state index in [2.05, 4.69) is 20.7 Å². The number of benzene rings is 2. The van der Waals surface area contributed by atoms with Crippen molar-refractivity contribution in [3.63, 3.8) is 0 Å². The molecule has 3 aliphatic rings. The van der Waals surface area contributed by atoms with Gasteiger partial charge in [-0.25, -0.2) is 13.2 Å². The fourth-order valence-electron chi connectivity index (χ4n) is 5.56. The van der Waals surface area contributed by atoms with Gasteiger partial charge in [-0.1, -0.05) is 28.1 Å². The summed E-state index contributed by atoms with van der Waals surface area (Å²) >= 11 is 3.41. The van der Waals surface area contributed by atoms with Gasteiger partial charge in [-0.2, -0.15) is 4.72 Å². The van der Waals surface area contributed by atoms with Gasteiger partial charge in [-0.15, -0.1) is 0 Å². The predicted octanol–water partition coefficient (Wildman–Crippen LogP) is 1.63. The zero-order valence-corrected chi connectivity index (χ0v) is 22.0. The van der Waals surface area contributed by atoms with E-state index in [0.29, 0.717) is 32.5 Å². The lowest BCUT2D eigenvalue weighted by atomic mass is 10.1. The second-order valence-corrected chi connectivity index (χ2v) is 12.3. The van der Waals surface area contributed by atoms with Crippen LogP contribution < -0.4 is 10.5 Å². The Morgan fingerprint density at radius 2 is 1.69 bits per heavy atom. The van der Waals surface area contributed by atoms with Gasteiger partial charge in [0.15, 0.2) is 0 Å². The Balaban J connectivity index is 1.26. The molecule has 2 aromatic rings. The first kappa shape index (κ1) is 25.0. The van der Waals surface area contributed by atoms with Gasteiger partial charge in [-0.05, 0) is 60.7 Å². The monoisotopic (exact) mass is 577 g/mol. The molecule has 3 fully saturated rings. The van der Waals surface area contributed by atoms with E-state index in [-0.39, 0.29) is 29.4 Å². The largest absolute Gasteiger partial charge is 0.351 e. The molecule has 4 amide bonds. The lowest BCUT2D eigenvalue weighted by molar-refractivity contribution is -0.145. The van der Waals surface area contributed by atoms with Gasteiger partial charge in [0.05, 0.1) is 11.4 Å². The van der Waals surface area contributed by atoms with Crippen LogP contribution >= 0.6 is 15.9 Å². The van der Waals surface area contributed by atoms with Gasteiger partial charge in [-0.3, -0.25) is 9.59 Å². The molecule has 3 heterocycles. The van der Waals surface area contributed by atoms with Crippen molar-refractivity contribution in [3.05, 3.63) is 40.9 Å². The summed E-state index contributed by atoms with van der Waals surface area (Å²) in [5, 5.41) is 1.67. The van der Waals surface area contributed by atoms with Gasteiger partial charge in [0, 0.05) is 36.2 Å². The fourth-order valence-corrected chi connectivity index (χ4v) is 7.20. The Kier molecular flexibility index (Phi) is 6.69. The molecular formula is C24H28BrN5O5S. The maximum absolute atomic E-state index is 13.2. The SMILES string of the molecule is NC(=O)N1CC2CCC(C1)N2C(=O)CN1CCCC(NS(=O)(=O)c2ccc3cc(Br)ccc3c2)C1=O. The quantitative estimate of drug-likeness (QED) is 0.557. The molecule has 10 nitrogen and oxygen atoms in total. The normalized spacial score (nSPS) is 24.4. The highest BCUT2D eigenvalue weighted by Gasteiger charge is 2.44. The van der Waals surface area contributed by atoms with Crippen molar-refractivity contribution in [2.45, 2.75) is 48.7 Å². The number of urea groups is 1. The summed E-state index contributed by atoms with van der Waals surface area (Å²) in [5.41, 5.74) is 5.42. The molecule has 3 unspecified atom stereocenters. The minimum absolute atomic E-state index is 0.0854. The standard InChI is InChI=1S/C24H28BrN5O5S/c25-17-5-3-16-11-20(8-4-15(16)10-17)36(34,35)27-21-2-1-9-28(23(21)32)14-22(31)30-18-6-7-19(30)13-29(12-18)24(26)33/h3-5,8,10-11,18-19,21,27H,1-2,6-7,9,12-14H2,(H2,26,33). The lowest BCUT2D eigenvalue weighted by Gasteiger charge is -2.41. The number of nitrogens with zero attached hydrogens (tertiary/aromatic N) is 3. The van der Waals surface area contributed by atoms with Crippen LogP contribution in [-0.2, 0) is 19.6 Å². The summed E-state index contributed by atoms with van der Waals surface area (Å²) in [6, 6.07) is 8.78. The number of primary amides is 1. The first-order chi connectivity index (χ1) is 17.1. The molecule has 12 heteroatoms. The maximum Gasteiger partial charge on any atom is 0.314 e.